The van der Waals surface area contributed by atoms with Crippen LogP contribution in [0.1, 0.15) is 6.92 Å². The lowest BCUT2D eigenvalue weighted by atomic mass is 10.2. The number of methoxy groups -OCH3 is 1. The molecule has 0 saturated carbocycles. The molecule has 0 fully saturated rings. The summed E-state index contributed by atoms with van der Waals surface area (Å²) in [5.41, 5.74) is 2.26. The number of likely N-dealkylation sites (N-methyl/N-ethyl adjacent to an activating group) is 2. The van der Waals surface area contributed by atoms with E-state index in [1.54, 1.807) is 7.11 Å². The molecule has 0 radical (unpaired) electrons. The van der Waals surface area contributed by atoms with Crippen molar-refractivity contribution in [3.05, 3.63) is 36.4 Å². The second-order valence-electron chi connectivity index (χ2n) is 4.06. The number of hydrogen-bond donors (Lipinski definition) is 1. The van der Waals surface area contributed by atoms with Gasteiger partial charge >= 0.3 is 0 Å². The zero-order valence-corrected chi connectivity index (χ0v) is 11.0. The number of nitrogens with one attached hydrogen (secondary N) is 1. The van der Waals surface area contributed by atoms with E-state index in [0.29, 0.717) is 0 Å². The number of hydrogen-bond acceptors (Lipinski definition) is 3. The summed E-state index contributed by atoms with van der Waals surface area (Å²) in [5, 5.41) is 3.28. The molecule has 0 bridgehead atoms. The smallest absolute Gasteiger partial charge is 0.142 e. The van der Waals surface area contributed by atoms with Crippen molar-refractivity contribution in [3.63, 3.8) is 0 Å². The molecule has 1 aromatic rings. The molecule has 0 aliphatic rings. The van der Waals surface area contributed by atoms with Gasteiger partial charge in [-0.3, -0.25) is 0 Å². The summed E-state index contributed by atoms with van der Waals surface area (Å²) in [6.07, 6.45) is 0. The molecular formula is C14H22N2O. The number of anilines is 1. The van der Waals surface area contributed by atoms with Crippen molar-refractivity contribution < 1.29 is 4.74 Å². The first-order valence-corrected chi connectivity index (χ1v) is 5.90. The van der Waals surface area contributed by atoms with Gasteiger partial charge in [-0.15, -0.1) is 0 Å². The molecule has 1 N–H and O–H groups in total. The largest absolute Gasteiger partial charge is 0.495 e. The highest BCUT2D eigenvalue weighted by atomic mass is 16.5. The van der Waals surface area contributed by atoms with E-state index in [1.807, 2.05) is 18.2 Å². The van der Waals surface area contributed by atoms with Crippen molar-refractivity contribution in [3.8, 4) is 5.75 Å². The van der Waals surface area contributed by atoms with E-state index in [0.717, 1.165) is 31.1 Å². The molecule has 1 rings (SSSR count). The van der Waals surface area contributed by atoms with Gasteiger partial charge in [-0.05, 0) is 24.3 Å². The average Bonchev–Trinajstić information content (AvgIpc) is 2.36. The van der Waals surface area contributed by atoms with Crippen molar-refractivity contribution in [2.75, 3.05) is 38.7 Å². The molecular weight excluding hydrogens is 212 g/mol. The zero-order valence-electron chi connectivity index (χ0n) is 11.0. The molecule has 0 heterocycles. The number of ether oxygens (including phenoxy) is 1. The van der Waals surface area contributed by atoms with Crippen LogP contribution in [0.3, 0.4) is 0 Å². The lowest BCUT2D eigenvalue weighted by Crippen LogP contribution is -2.26. The number of rotatable bonds is 7. The summed E-state index contributed by atoms with van der Waals surface area (Å²) in [5.74, 6) is 0.895. The Labute approximate surface area is 104 Å². The van der Waals surface area contributed by atoms with E-state index < -0.39 is 0 Å². The SMILES string of the molecule is C=C(CNCC)CN(C)c1ccccc1OC. The van der Waals surface area contributed by atoms with Crippen LogP contribution in [-0.4, -0.2) is 33.8 Å². The molecule has 3 heteroatoms. The molecule has 17 heavy (non-hydrogen) atoms. The van der Waals surface area contributed by atoms with Crippen molar-refractivity contribution >= 4 is 5.69 Å². The van der Waals surface area contributed by atoms with Crippen LogP contribution in [-0.2, 0) is 0 Å². The van der Waals surface area contributed by atoms with Crippen molar-refractivity contribution in [1.29, 1.82) is 0 Å². The summed E-state index contributed by atoms with van der Waals surface area (Å²) in [6, 6.07) is 8.02. The summed E-state index contributed by atoms with van der Waals surface area (Å²) >= 11 is 0. The minimum absolute atomic E-state index is 0.827. The lowest BCUT2D eigenvalue weighted by Gasteiger charge is -2.22. The monoisotopic (exact) mass is 234 g/mol. The van der Waals surface area contributed by atoms with Crippen LogP contribution in [0.5, 0.6) is 5.75 Å². The maximum absolute atomic E-state index is 5.34. The fourth-order valence-electron chi connectivity index (χ4n) is 1.72. The summed E-state index contributed by atoms with van der Waals surface area (Å²) in [4.78, 5) is 2.15. The lowest BCUT2D eigenvalue weighted by molar-refractivity contribution is 0.415. The van der Waals surface area contributed by atoms with Gasteiger partial charge in [-0.2, -0.15) is 0 Å². The van der Waals surface area contributed by atoms with E-state index in [1.165, 1.54) is 5.57 Å². The number of benzene rings is 1. The van der Waals surface area contributed by atoms with Gasteiger partial charge in [0.05, 0.1) is 12.8 Å². The Hall–Kier alpha value is -1.48. The van der Waals surface area contributed by atoms with Gasteiger partial charge < -0.3 is 15.0 Å². The molecule has 0 amide bonds. The summed E-state index contributed by atoms with van der Waals surface area (Å²) in [6.45, 7) is 8.82. The fourth-order valence-corrected chi connectivity index (χ4v) is 1.72. The van der Waals surface area contributed by atoms with E-state index in [-0.39, 0.29) is 0 Å². The average molecular weight is 234 g/mol. The fraction of sp³-hybridized carbons (Fsp3) is 0.429. The Bertz CT molecular complexity index is 363. The van der Waals surface area contributed by atoms with Crippen molar-refractivity contribution in [2.45, 2.75) is 6.92 Å². The molecule has 0 aromatic heterocycles. The van der Waals surface area contributed by atoms with Crippen LogP contribution >= 0.6 is 0 Å². The highest BCUT2D eigenvalue weighted by Gasteiger charge is 2.07. The maximum atomic E-state index is 5.34. The van der Waals surface area contributed by atoms with Gasteiger partial charge in [-0.1, -0.05) is 25.6 Å². The highest BCUT2D eigenvalue weighted by Crippen LogP contribution is 2.26. The molecule has 94 valence electrons. The molecule has 1 aromatic carbocycles. The van der Waals surface area contributed by atoms with Gasteiger partial charge in [0.25, 0.3) is 0 Å². The molecule has 0 atom stereocenters. The van der Waals surface area contributed by atoms with Gasteiger partial charge in [-0.25, -0.2) is 0 Å². The Balaban J connectivity index is 2.62. The van der Waals surface area contributed by atoms with E-state index in [9.17, 15) is 0 Å². The minimum atomic E-state index is 0.827. The van der Waals surface area contributed by atoms with Gasteiger partial charge in [0.1, 0.15) is 5.75 Å². The summed E-state index contributed by atoms with van der Waals surface area (Å²) in [7, 11) is 3.75. The number of nitrogens with zero attached hydrogens (tertiary/aromatic N) is 1. The van der Waals surface area contributed by atoms with Crippen LogP contribution in [0, 0.1) is 0 Å². The second kappa shape index (κ2) is 6.97. The van der Waals surface area contributed by atoms with Crippen LogP contribution in [0.4, 0.5) is 5.69 Å². The van der Waals surface area contributed by atoms with Gasteiger partial charge in [0.15, 0.2) is 0 Å². The van der Waals surface area contributed by atoms with E-state index in [4.69, 9.17) is 4.74 Å². The Kier molecular flexibility index (Phi) is 5.57. The predicted octanol–water partition coefficient (Wildman–Crippen LogP) is 2.30. The summed E-state index contributed by atoms with van der Waals surface area (Å²) < 4.78 is 5.34. The third-order valence-electron chi connectivity index (χ3n) is 2.58. The minimum Gasteiger partial charge on any atom is -0.495 e. The number of para-hydroxylation sites is 2. The quantitative estimate of drug-likeness (QED) is 0.733. The van der Waals surface area contributed by atoms with Gasteiger partial charge in [0.2, 0.25) is 0 Å². The third-order valence-corrected chi connectivity index (χ3v) is 2.58. The first-order valence-electron chi connectivity index (χ1n) is 5.90. The third kappa shape index (κ3) is 4.11. The van der Waals surface area contributed by atoms with E-state index >= 15 is 0 Å². The molecule has 0 aliphatic heterocycles. The molecule has 0 spiro atoms. The predicted molar refractivity (Wildman–Crippen MR) is 73.9 cm³/mol. The highest BCUT2D eigenvalue weighted by molar-refractivity contribution is 5.58. The van der Waals surface area contributed by atoms with Crippen LogP contribution in [0.25, 0.3) is 0 Å². The van der Waals surface area contributed by atoms with Crippen LogP contribution in [0.2, 0.25) is 0 Å². The first kappa shape index (κ1) is 13.6. The Morgan fingerprint density at radius 1 is 1.41 bits per heavy atom. The first-order chi connectivity index (χ1) is 8.19. The molecule has 0 aliphatic carbocycles. The standard InChI is InChI=1S/C14H22N2O/c1-5-15-10-12(2)11-16(3)13-8-6-7-9-14(13)17-4/h6-9,15H,2,5,10-11H2,1,3-4H3. The van der Waals surface area contributed by atoms with Crippen molar-refractivity contribution in [2.24, 2.45) is 0 Å². The molecule has 0 saturated heterocycles. The van der Waals surface area contributed by atoms with Crippen LogP contribution in [0.15, 0.2) is 36.4 Å². The molecule has 3 nitrogen and oxygen atoms in total. The zero-order chi connectivity index (χ0) is 12.7. The second-order valence-corrected chi connectivity index (χ2v) is 4.06. The van der Waals surface area contributed by atoms with Crippen LogP contribution < -0.4 is 15.0 Å². The maximum Gasteiger partial charge on any atom is 0.142 e. The topological polar surface area (TPSA) is 24.5 Å². The van der Waals surface area contributed by atoms with Gasteiger partial charge in [0, 0.05) is 20.1 Å². The normalized spacial score (nSPS) is 10.1. The molecule has 0 unspecified atom stereocenters. The van der Waals surface area contributed by atoms with Crippen molar-refractivity contribution in [1.82, 2.24) is 5.32 Å². The Morgan fingerprint density at radius 2 is 2.12 bits per heavy atom. The Morgan fingerprint density at radius 3 is 2.76 bits per heavy atom. The van der Waals surface area contributed by atoms with E-state index in [2.05, 4.69) is 36.8 Å².